The van der Waals surface area contributed by atoms with Crippen molar-refractivity contribution in [3.63, 3.8) is 0 Å². The summed E-state index contributed by atoms with van der Waals surface area (Å²) in [7, 11) is -1.35. The first-order valence-corrected chi connectivity index (χ1v) is 11.1. The second-order valence-corrected chi connectivity index (χ2v) is 12.0. The van der Waals surface area contributed by atoms with Gasteiger partial charge >= 0.3 is 0 Å². The molecule has 1 aliphatic rings. The molecule has 0 N–H and O–H groups in total. The quantitative estimate of drug-likeness (QED) is 0.306. The lowest BCUT2D eigenvalue weighted by molar-refractivity contribution is -0.310. The fraction of sp³-hybridized carbons (Fsp3) is 0.846. The lowest BCUT2D eigenvalue weighted by Gasteiger charge is -2.44. The summed E-state index contributed by atoms with van der Waals surface area (Å²) in [4.78, 5) is 0. The highest BCUT2D eigenvalue weighted by atomic mass is 127. The van der Waals surface area contributed by atoms with E-state index in [4.69, 9.17) is 9.47 Å². The Kier molecular flexibility index (Phi) is 4.73. The SMILES string of the molecule is CC1(C)O[C@H](CI)C[C@](C)(C#C[Si](C)(C)C)O1. The molecule has 0 amide bonds. The number of hydrogen-bond donors (Lipinski definition) is 0. The average Bonchev–Trinajstić information content (AvgIpc) is 2.11. The molecule has 0 aromatic heterocycles. The fourth-order valence-electron chi connectivity index (χ4n) is 1.97. The van der Waals surface area contributed by atoms with Crippen LogP contribution in [-0.4, -0.2) is 30.0 Å². The Morgan fingerprint density at radius 2 is 1.88 bits per heavy atom. The van der Waals surface area contributed by atoms with Crippen molar-refractivity contribution < 1.29 is 9.47 Å². The van der Waals surface area contributed by atoms with Crippen molar-refractivity contribution in [1.29, 1.82) is 0 Å². The molecule has 1 fully saturated rings. The van der Waals surface area contributed by atoms with Crippen LogP contribution < -0.4 is 0 Å². The van der Waals surface area contributed by atoms with Crippen LogP contribution in [0.25, 0.3) is 0 Å². The molecule has 0 aromatic carbocycles. The summed E-state index contributed by atoms with van der Waals surface area (Å²) < 4.78 is 12.9. The fourth-order valence-corrected chi connectivity index (χ4v) is 3.10. The Labute approximate surface area is 120 Å². The molecular formula is C13H23IO2Si. The smallest absolute Gasteiger partial charge is 0.165 e. The van der Waals surface area contributed by atoms with Crippen LogP contribution in [0.1, 0.15) is 27.2 Å². The molecule has 1 heterocycles. The summed E-state index contributed by atoms with van der Waals surface area (Å²) in [6, 6.07) is 0. The van der Waals surface area contributed by atoms with Gasteiger partial charge in [0.15, 0.2) is 5.79 Å². The summed E-state index contributed by atoms with van der Waals surface area (Å²) in [5, 5.41) is 0. The molecule has 1 aliphatic heterocycles. The second kappa shape index (κ2) is 5.20. The van der Waals surface area contributed by atoms with Crippen molar-refractivity contribution >= 4 is 30.7 Å². The van der Waals surface area contributed by atoms with E-state index in [1.54, 1.807) is 0 Å². The molecule has 0 aliphatic carbocycles. The molecule has 1 saturated heterocycles. The normalized spacial score (nSPS) is 32.8. The summed E-state index contributed by atoms with van der Waals surface area (Å²) in [6.45, 7) is 12.8. The molecule has 2 nitrogen and oxygen atoms in total. The summed E-state index contributed by atoms with van der Waals surface area (Å²) in [5.41, 5.74) is 3.06. The van der Waals surface area contributed by atoms with Gasteiger partial charge in [-0.05, 0) is 20.8 Å². The van der Waals surface area contributed by atoms with E-state index in [1.165, 1.54) is 0 Å². The van der Waals surface area contributed by atoms with Gasteiger partial charge in [-0.15, -0.1) is 5.54 Å². The number of halogens is 1. The number of ether oxygens (including phenoxy) is 2. The maximum absolute atomic E-state index is 6.01. The van der Waals surface area contributed by atoms with E-state index in [0.29, 0.717) is 0 Å². The Hall–Kier alpha value is 0.427. The Bertz CT molecular complexity index is 338. The molecular weight excluding hydrogens is 343 g/mol. The van der Waals surface area contributed by atoms with Crippen molar-refractivity contribution in [3.05, 3.63) is 0 Å². The maximum atomic E-state index is 6.01. The molecule has 0 saturated carbocycles. The van der Waals surface area contributed by atoms with Crippen LogP contribution in [0.2, 0.25) is 19.6 Å². The van der Waals surface area contributed by atoms with Gasteiger partial charge in [-0.25, -0.2) is 0 Å². The number of hydrogen-bond acceptors (Lipinski definition) is 2. The van der Waals surface area contributed by atoms with Gasteiger partial charge in [0.05, 0.1) is 6.10 Å². The third-order valence-electron chi connectivity index (χ3n) is 2.41. The summed E-state index contributed by atoms with van der Waals surface area (Å²) in [5.74, 6) is 2.83. The van der Waals surface area contributed by atoms with Crippen molar-refractivity contribution in [2.75, 3.05) is 4.43 Å². The maximum Gasteiger partial charge on any atom is 0.165 e. The van der Waals surface area contributed by atoms with E-state index in [0.717, 1.165) is 10.8 Å². The van der Waals surface area contributed by atoms with E-state index in [9.17, 15) is 0 Å². The third kappa shape index (κ3) is 5.29. The van der Waals surface area contributed by atoms with Gasteiger partial charge in [-0.1, -0.05) is 48.2 Å². The zero-order chi connectivity index (χ0) is 13.3. The van der Waals surface area contributed by atoms with E-state index in [-0.39, 0.29) is 11.7 Å². The van der Waals surface area contributed by atoms with Crippen LogP contribution in [0.3, 0.4) is 0 Å². The molecule has 98 valence electrons. The van der Waals surface area contributed by atoms with Crippen LogP contribution in [0.5, 0.6) is 0 Å². The first-order chi connectivity index (χ1) is 7.55. The minimum Gasteiger partial charge on any atom is -0.346 e. The molecule has 0 spiro atoms. The number of alkyl halides is 1. The van der Waals surface area contributed by atoms with Crippen molar-refractivity contribution in [2.45, 2.75) is 64.3 Å². The highest BCUT2D eigenvalue weighted by molar-refractivity contribution is 14.1. The second-order valence-electron chi connectivity index (χ2n) is 6.33. The molecule has 2 atom stereocenters. The first kappa shape index (κ1) is 15.5. The minimum atomic E-state index is -1.35. The topological polar surface area (TPSA) is 18.5 Å². The highest BCUT2D eigenvalue weighted by Crippen LogP contribution is 2.34. The van der Waals surface area contributed by atoms with Gasteiger partial charge in [0.25, 0.3) is 0 Å². The Morgan fingerprint density at radius 3 is 2.35 bits per heavy atom. The Balaban J connectivity index is 2.90. The Morgan fingerprint density at radius 1 is 1.29 bits per heavy atom. The molecule has 0 radical (unpaired) electrons. The number of rotatable bonds is 1. The monoisotopic (exact) mass is 366 g/mol. The predicted molar refractivity (Wildman–Crippen MR) is 83.1 cm³/mol. The van der Waals surface area contributed by atoms with Gasteiger partial charge in [-0.2, -0.15) is 0 Å². The zero-order valence-electron chi connectivity index (χ0n) is 11.7. The van der Waals surface area contributed by atoms with Crippen molar-refractivity contribution in [3.8, 4) is 11.5 Å². The van der Waals surface area contributed by atoms with Crippen LogP contribution in [-0.2, 0) is 9.47 Å². The largest absolute Gasteiger partial charge is 0.346 e. The van der Waals surface area contributed by atoms with Crippen LogP contribution in [0, 0.1) is 11.5 Å². The molecule has 0 unspecified atom stereocenters. The van der Waals surface area contributed by atoms with Gasteiger partial charge < -0.3 is 9.47 Å². The van der Waals surface area contributed by atoms with E-state index in [2.05, 4.69) is 60.6 Å². The predicted octanol–water partition coefficient (Wildman–Crippen LogP) is 3.60. The minimum absolute atomic E-state index is 0.236. The molecule has 17 heavy (non-hydrogen) atoms. The van der Waals surface area contributed by atoms with Gasteiger partial charge in [0, 0.05) is 10.8 Å². The summed E-state index contributed by atoms with van der Waals surface area (Å²) >= 11 is 2.36. The average molecular weight is 366 g/mol. The van der Waals surface area contributed by atoms with Gasteiger partial charge in [-0.3, -0.25) is 0 Å². The standard InChI is InChI=1S/C13H23IO2Si/c1-12(2)15-11(10-14)9-13(3,16-12)7-8-17(4,5)6/h11H,9-10H2,1-6H3/t11-,13-/m0/s1. The highest BCUT2D eigenvalue weighted by Gasteiger charge is 2.41. The van der Waals surface area contributed by atoms with Gasteiger partial charge in [0.1, 0.15) is 13.7 Å². The molecule has 4 heteroatoms. The van der Waals surface area contributed by atoms with Crippen LogP contribution in [0.4, 0.5) is 0 Å². The van der Waals surface area contributed by atoms with E-state index >= 15 is 0 Å². The zero-order valence-corrected chi connectivity index (χ0v) is 14.8. The van der Waals surface area contributed by atoms with Gasteiger partial charge in [0.2, 0.25) is 0 Å². The lowest BCUT2D eigenvalue weighted by atomic mass is 9.97. The molecule has 0 aromatic rings. The van der Waals surface area contributed by atoms with Crippen LogP contribution in [0.15, 0.2) is 0 Å². The molecule has 0 bridgehead atoms. The third-order valence-corrected chi connectivity index (χ3v) is 4.27. The van der Waals surface area contributed by atoms with Crippen molar-refractivity contribution in [2.24, 2.45) is 0 Å². The van der Waals surface area contributed by atoms with E-state index in [1.807, 2.05) is 13.8 Å². The van der Waals surface area contributed by atoms with E-state index < -0.39 is 13.9 Å². The van der Waals surface area contributed by atoms with Crippen molar-refractivity contribution in [1.82, 2.24) is 0 Å². The first-order valence-electron chi connectivity index (χ1n) is 6.04. The summed E-state index contributed by atoms with van der Waals surface area (Å²) in [6.07, 6.45) is 1.09. The lowest BCUT2D eigenvalue weighted by Crippen LogP contribution is -2.51. The van der Waals surface area contributed by atoms with Crippen LogP contribution >= 0.6 is 22.6 Å². The molecule has 1 rings (SSSR count).